The zero-order valence-electron chi connectivity index (χ0n) is 11.0. The SMILES string of the molecule is COc1ccc(OC)c(C(Br)c2cc(Br)ccc2F)c1. The van der Waals surface area contributed by atoms with E-state index in [0.29, 0.717) is 17.1 Å². The molecule has 106 valence electrons. The first-order valence-corrected chi connectivity index (χ1v) is 7.58. The molecule has 0 aliphatic heterocycles. The van der Waals surface area contributed by atoms with Crippen molar-refractivity contribution in [2.75, 3.05) is 14.2 Å². The lowest BCUT2D eigenvalue weighted by Crippen LogP contribution is -2.00. The van der Waals surface area contributed by atoms with Crippen molar-refractivity contribution >= 4 is 31.9 Å². The summed E-state index contributed by atoms with van der Waals surface area (Å²) in [6.45, 7) is 0. The van der Waals surface area contributed by atoms with Crippen LogP contribution in [0, 0.1) is 5.82 Å². The first-order chi connectivity index (χ1) is 9.56. The first-order valence-electron chi connectivity index (χ1n) is 5.87. The van der Waals surface area contributed by atoms with Gasteiger partial charge in [-0.05, 0) is 36.4 Å². The second-order valence-electron chi connectivity index (χ2n) is 4.14. The number of methoxy groups -OCH3 is 2. The Morgan fingerprint density at radius 1 is 1.00 bits per heavy atom. The minimum atomic E-state index is -0.329. The molecule has 5 heteroatoms. The quantitative estimate of drug-likeness (QED) is 0.662. The van der Waals surface area contributed by atoms with E-state index >= 15 is 0 Å². The fourth-order valence-corrected chi connectivity index (χ4v) is 3.00. The smallest absolute Gasteiger partial charge is 0.127 e. The molecule has 0 aliphatic carbocycles. The predicted octanol–water partition coefficient (Wildman–Crippen LogP) is 5.09. The van der Waals surface area contributed by atoms with Crippen LogP contribution in [0.3, 0.4) is 0 Å². The third kappa shape index (κ3) is 3.15. The van der Waals surface area contributed by atoms with E-state index in [-0.39, 0.29) is 10.6 Å². The van der Waals surface area contributed by atoms with Crippen molar-refractivity contribution in [3.63, 3.8) is 0 Å². The van der Waals surface area contributed by atoms with Crippen LogP contribution in [0.4, 0.5) is 4.39 Å². The van der Waals surface area contributed by atoms with Gasteiger partial charge in [0, 0.05) is 15.6 Å². The van der Waals surface area contributed by atoms with Crippen LogP contribution in [0.15, 0.2) is 40.9 Å². The third-order valence-electron chi connectivity index (χ3n) is 2.94. The Labute approximate surface area is 134 Å². The fraction of sp³-hybridized carbons (Fsp3) is 0.200. The molecule has 0 aliphatic rings. The van der Waals surface area contributed by atoms with Crippen LogP contribution in [0.25, 0.3) is 0 Å². The van der Waals surface area contributed by atoms with Crippen LogP contribution in [0.2, 0.25) is 0 Å². The lowest BCUT2D eigenvalue weighted by Gasteiger charge is -2.16. The highest BCUT2D eigenvalue weighted by atomic mass is 79.9. The lowest BCUT2D eigenvalue weighted by molar-refractivity contribution is 0.399. The molecular formula is C15H13Br2FO2. The molecule has 0 heterocycles. The fourth-order valence-electron chi connectivity index (χ4n) is 1.91. The van der Waals surface area contributed by atoms with Crippen molar-refractivity contribution in [3.05, 3.63) is 57.8 Å². The summed E-state index contributed by atoms with van der Waals surface area (Å²) in [4.78, 5) is -0.329. The van der Waals surface area contributed by atoms with Crippen molar-refractivity contribution < 1.29 is 13.9 Å². The standard InChI is InChI=1S/C15H13Br2FO2/c1-19-10-4-6-14(20-2)12(8-10)15(17)11-7-9(16)3-5-13(11)18/h3-8,15H,1-2H3. The molecule has 0 aromatic heterocycles. The molecule has 0 radical (unpaired) electrons. The van der Waals surface area contributed by atoms with E-state index in [9.17, 15) is 4.39 Å². The molecule has 0 spiro atoms. The Morgan fingerprint density at radius 3 is 2.40 bits per heavy atom. The van der Waals surface area contributed by atoms with E-state index < -0.39 is 0 Å². The predicted molar refractivity (Wildman–Crippen MR) is 84.4 cm³/mol. The van der Waals surface area contributed by atoms with E-state index in [2.05, 4.69) is 31.9 Å². The van der Waals surface area contributed by atoms with Gasteiger partial charge in [0.2, 0.25) is 0 Å². The zero-order chi connectivity index (χ0) is 14.7. The summed E-state index contributed by atoms with van der Waals surface area (Å²) in [5.74, 6) is 1.09. The normalized spacial score (nSPS) is 12.1. The minimum absolute atomic E-state index is 0.278. The Bertz CT molecular complexity index is 617. The lowest BCUT2D eigenvalue weighted by atomic mass is 10.0. The van der Waals surface area contributed by atoms with E-state index in [1.807, 2.05) is 6.07 Å². The monoisotopic (exact) mass is 402 g/mol. The Balaban J connectivity index is 2.51. The number of hydrogen-bond acceptors (Lipinski definition) is 2. The number of alkyl halides is 1. The number of halogens is 3. The van der Waals surface area contributed by atoms with Crippen molar-refractivity contribution in [1.29, 1.82) is 0 Å². The van der Waals surface area contributed by atoms with Crippen molar-refractivity contribution in [3.8, 4) is 11.5 Å². The highest BCUT2D eigenvalue weighted by molar-refractivity contribution is 9.10. The van der Waals surface area contributed by atoms with Gasteiger partial charge in [-0.2, -0.15) is 0 Å². The molecule has 0 saturated heterocycles. The van der Waals surface area contributed by atoms with E-state index in [1.54, 1.807) is 38.5 Å². The molecule has 0 amide bonds. The molecule has 2 rings (SSSR count). The minimum Gasteiger partial charge on any atom is -0.497 e. The van der Waals surface area contributed by atoms with Gasteiger partial charge in [-0.3, -0.25) is 0 Å². The van der Waals surface area contributed by atoms with Gasteiger partial charge >= 0.3 is 0 Å². The zero-order valence-corrected chi connectivity index (χ0v) is 14.2. The molecule has 1 unspecified atom stereocenters. The van der Waals surface area contributed by atoms with Gasteiger partial charge in [-0.25, -0.2) is 4.39 Å². The maximum absolute atomic E-state index is 14.0. The van der Waals surface area contributed by atoms with Crippen LogP contribution in [0.5, 0.6) is 11.5 Å². The largest absolute Gasteiger partial charge is 0.497 e. The average molecular weight is 404 g/mol. The topological polar surface area (TPSA) is 18.5 Å². The molecule has 20 heavy (non-hydrogen) atoms. The molecule has 0 bridgehead atoms. The number of rotatable bonds is 4. The second-order valence-corrected chi connectivity index (χ2v) is 5.97. The van der Waals surface area contributed by atoms with E-state index in [0.717, 1.165) is 10.0 Å². The molecule has 1 atom stereocenters. The molecule has 0 N–H and O–H groups in total. The molecule has 2 aromatic rings. The van der Waals surface area contributed by atoms with Crippen LogP contribution < -0.4 is 9.47 Å². The summed E-state index contributed by atoms with van der Waals surface area (Å²) < 4.78 is 25.4. The summed E-state index contributed by atoms with van der Waals surface area (Å²) in [5.41, 5.74) is 1.34. The third-order valence-corrected chi connectivity index (χ3v) is 4.42. The molecule has 2 aromatic carbocycles. The van der Waals surface area contributed by atoms with Gasteiger partial charge in [0.25, 0.3) is 0 Å². The summed E-state index contributed by atoms with van der Waals surface area (Å²) in [5, 5.41) is 0. The summed E-state index contributed by atoms with van der Waals surface area (Å²) in [6, 6.07) is 10.3. The highest BCUT2D eigenvalue weighted by Gasteiger charge is 2.19. The molecular weight excluding hydrogens is 391 g/mol. The highest BCUT2D eigenvalue weighted by Crippen LogP contribution is 2.40. The molecule has 0 fully saturated rings. The van der Waals surface area contributed by atoms with Crippen LogP contribution in [-0.4, -0.2) is 14.2 Å². The first kappa shape index (κ1) is 15.3. The van der Waals surface area contributed by atoms with Crippen molar-refractivity contribution in [1.82, 2.24) is 0 Å². The van der Waals surface area contributed by atoms with Gasteiger partial charge in [-0.1, -0.05) is 31.9 Å². The van der Waals surface area contributed by atoms with Crippen LogP contribution in [0.1, 0.15) is 16.0 Å². The molecule has 0 saturated carbocycles. The number of hydrogen-bond donors (Lipinski definition) is 0. The van der Waals surface area contributed by atoms with Crippen molar-refractivity contribution in [2.24, 2.45) is 0 Å². The number of ether oxygens (including phenoxy) is 2. The summed E-state index contributed by atoms with van der Waals surface area (Å²) in [6.07, 6.45) is 0. The van der Waals surface area contributed by atoms with Gasteiger partial charge in [0.05, 0.1) is 19.0 Å². The van der Waals surface area contributed by atoms with E-state index in [4.69, 9.17) is 9.47 Å². The Hall–Kier alpha value is -1.07. The Morgan fingerprint density at radius 2 is 1.75 bits per heavy atom. The Kier molecular flexibility index (Phi) is 5.05. The van der Waals surface area contributed by atoms with Gasteiger partial charge in [-0.15, -0.1) is 0 Å². The van der Waals surface area contributed by atoms with Gasteiger partial charge in [0.15, 0.2) is 0 Å². The second kappa shape index (κ2) is 6.59. The number of benzene rings is 2. The van der Waals surface area contributed by atoms with E-state index in [1.165, 1.54) is 6.07 Å². The van der Waals surface area contributed by atoms with Gasteiger partial charge in [0.1, 0.15) is 17.3 Å². The summed E-state index contributed by atoms with van der Waals surface area (Å²) >= 11 is 6.90. The van der Waals surface area contributed by atoms with Crippen LogP contribution >= 0.6 is 31.9 Å². The van der Waals surface area contributed by atoms with Gasteiger partial charge < -0.3 is 9.47 Å². The van der Waals surface area contributed by atoms with Crippen LogP contribution in [-0.2, 0) is 0 Å². The maximum Gasteiger partial charge on any atom is 0.127 e. The summed E-state index contributed by atoms with van der Waals surface area (Å²) in [7, 11) is 3.18. The molecule has 2 nitrogen and oxygen atoms in total. The maximum atomic E-state index is 14.0. The average Bonchev–Trinajstić information content (AvgIpc) is 2.48. The van der Waals surface area contributed by atoms with Crippen molar-refractivity contribution in [2.45, 2.75) is 4.83 Å².